The smallest absolute Gasteiger partial charge is 0.236 e. The van der Waals surface area contributed by atoms with Crippen LogP contribution in [0.5, 0.6) is 5.75 Å². The highest BCUT2D eigenvalue weighted by atomic mass is 16.5. The summed E-state index contributed by atoms with van der Waals surface area (Å²) in [5.41, 5.74) is 2.33. The highest BCUT2D eigenvalue weighted by Gasteiger charge is 2.18. The molecule has 0 fully saturated rings. The van der Waals surface area contributed by atoms with Gasteiger partial charge in [0.1, 0.15) is 5.75 Å². The number of ether oxygens (including phenoxy) is 1. The van der Waals surface area contributed by atoms with Crippen molar-refractivity contribution in [3.8, 4) is 5.75 Å². The fourth-order valence-corrected chi connectivity index (χ4v) is 3.38. The highest BCUT2D eigenvalue weighted by Crippen LogP contribution is 2.22. The second kappa shape index (κ2) is 8.89. The van der Waals surface area contributed by atoms with E-state index in [0.717, 1.165) is 23.2 Å². The Morgan fingerprint density at radius 3 is 2.36 bits per heavy atom. The number of rotatable bonds is 7. The van der Waals surface area contributed by atoms with Crippen LogP contribution in [0.2, 0.25) is 0 Å². The van der Waals surface area contributed by atoms with Gasteiger partial charge in [-0.2, -0.15) is 0 Å². The van der Waals surface area contributed by atoms with E-state index in [0.29, 0.717) is 6.54 Å². The molecule has 0 heterocycles. The number of methoxy groups -OCH3 is 1. The predicted molar refractivity (Wildman–Crippen MR) is 114 cm³/mol. The molecule has 1 atom stereocenters. The molecule has 4 heteroatoms. The average Bonchev–Trinajstić information content (AvgIpc) is 2.72. The van der Waals surface area contributed by atoms with Crippen LogP contribution in [0.4, 0.5) is 0 Å². The minimum atomic E-state index is 0.0535. The summed E-state index contributed by atoms with van der Waals surface area (Å²) in [5.74, 6) is 0.975. The van der Waals surface area contributed by atoms with Crippen LogP contribution in [0.25, 0.3) is 10.8 Å². The molecule has 3 aromatic carbocycles. The maximum absolute atomic E-state index is 12.7. The molecular weight excluding hydrogens is 348 g/mol. The van der Waals surface area contributed by atoms with E-state index < -0.39 is 0 Å². The maximum atomic E-state index is 12.7. The summed E-state index contributed by atoms with van der Waals surface area (Å²) in [6.07, 6.45) is 0. The van der Waals surface area contributed by atoms with E-state index in [1.54, 1.807) is 7.11 Å². The maximum Gasteiger partial charge on any atom is 0.236 e. The first-order valence-corrected chi connectivity index (χ1v) is 9.54. The molecule has 0 aromatic heterocycles. The minimum Gasteiger partial charge on any atom is -0.497 e. The van der Waals surface area contributed by atoms with Gasteiger partial charge in [-0.05, 0) is 54.1 Å². The lowest BCUT2D eigenvalue weighted by Crippen LogP contribution is -2.37. The lowest BCUT2D eigenvalue weighted by atomic mass is 10.1. The number of hydrogen-bond donors (Lipinski definition) is 0. The van der Waals surface area contributed by atoms with Crippen LogP contribution in [-0.2, 0) is 11.3 Å². The van der Waals surface area contributed by atoms with Crippen LogP contribution in [0, 0.1) is 0 Å². The number of likely N-dealkylation sites (N-methyl/N-ethyl adjacent to an activating group) is 2. The Bertz CT molecular complexity index is 940. The van der Waals surface area contributed by atoms with Gasteiger partial charge in [0.05, 0.1) is 19.7 Å². The molecule has 146 valence electrons. The zero-order valence-corrected chi connectivity index (χ0v) is 17.1. The van der Waals surface area contributed by atoms with E-state index in [2.05, 4.69) is 48.2 Å². The van der Waals surface area contributed by atoms with Crippen molar-refractivity contribution in [2.24, 2.45) is 0 Å². The molecule has 4 nitrogen and oxygen atoms in total. The van der Waals surface area contributed by atoms with Gasteiger partial charge in [0.2, 0.25) is 5.91 Å². The molecular formula is C24H28N2O2. The Balaban J connectivity index is 1.62. The summed E-state index contributed by atoms with van der Waals surface area (Å²) in [6, 6.07) is 22.6. The quantitative estimate of drug-likeness (QED) is 0.609. The number of fused-ring (bicyclic) bond motifs is 1. The van der Waals surface area contributed by atoms with Gasteiger partial charge in [0, 0.05) is 13.6 Å². The van der Waals surface area contributed by atoms with E-state index >= 15 is 0 Å². The van der Waals surface area contributed by atoms with Crippen molar-refractivity contribution in [1.29, 1.82) is 0 Å². The molecule has 0 saturated heterocycles. The summed E-state index contributed by atoms with van der Waals surface area (Å²) in [5, 5.41) is 2.33. The predicted octanol–water partition coefficient (Wildman–Crippen LogP) is 4.50. The van der Waals surface area contributed by atoms with Crippen molar-refractivity contribution in [3.63, 3.8) is 0 Å². The summed E-state index contributed by atoms with van der Waals surface area (Å²) in [4.78, 5) is 16.6. The number of hydrogen-bond acceptors (Lipinski definition) is 3. The third-order valence-corrected chi connectivity index (χ3v) is 5.23. The van der Waals surface area contributed by atoms with Crippen LogP contribution in [0.1, 0.15) is 24.1 Å². The Hall–Kier alpha value is -2.85. The standard InChI is InChI=1S/C24H28N2O2/c1-18(20-8-6-5-7-9-20)26(3)24(27)17-25(2)16-19-10-11-22-15-23(28-4)13-12-21(22)14-19/h5-15,18H,16-17H2,1-4H3/t18-/m0/s1. The molecule has 0 spiro atoms. The first-order chi connectivity index (χ1) is 13.5. The number of benzene rings is 3. The number of nitrogens with zero attached hydrogens (tertiary/aromatic N) is 2. The normalized spacial score (nSPS) is 12.2. The number of carbonyl (C=O) groups is 1. The van der Waals surface area contributed by atoms with Gasteiger partial charge in [0.15, 0.2) is 0 Å². The number of amides is 1. The largest absolute Gasteiger partial charge is 0.497 e. The van der Waals surface area contributed by atoms with E-state index in [1.165, 1.54) is 10.9 Å². The van der Waals surface area contributed by atoms with Crippen molar-refractivity contribution in [2.45, 2.75) is 19.5 Å². The molecule has 0 unspecified atom stereocenters. The van der Waals surface area contributed by atoms with Crippen molar-refractivity contribution < 1.29 is 9.53 Å². The van der Waals surface area contributed by atoms with Gasteiger partial charge in [-0.25, -0.2) is 0 Å². The van der Waals surface area contributed by atoms with Gasteiger partial charge >= 0.3 is 0 Å². The molecule has 0 aliphatic rings. The Labute approximate surface area is 167 Å². The van der Waals surface area contributed by atoms with Crippen LogP contribution < -0.4 is 4.74 Å². The molecule has 3 aromatic rings. The Morgan fingerprint density at radius 2 is 1.64 bits per heavy atom. The molecule has 0 radical (unpaired) electrons. The van der Waals surface area contributed by atoms with Crippen molar-refractivity contribution in [3.05, 3.63) is 77.9 Å². The molecule has 1 amide bonds. The molecule has 3 rings (SSSR count). The first kappa shape index (κ1) is 19.9. The third-order valence-electron chi connectivity index (χ3n) is 5.23. The average molecular weight is 377 g/mol. The van der Waals surface area contributed by atoms with E-state index in [1.807, 2.05) is 49.3 Å². The fraction of sp³-hybridized carbons (Fsp3) is 0.292. The summed E-state index contributed by atoms with van der Waals surface area (Å²) in [6.45, 7) is 3.17. The van der Waals surface area contributed by atoms with E-state index in [4.69, 9.17) is 4.74 Å². The zero-order chi connectivity index (χ0) is 20.1. The van der Waals surface area contributed by atoms with Crippen LogP contribution >= 0.6 is 0 Å². The highest BCUT2D eigenvalue weighted by molar-refractivity contribution is 5.84. The molecule has 0 saturated carbocycles. The molecule has 0 aliphatic carbocycles. The third kappa shape index (κ3) is 4.70. The minimum absolute atomic E-state index is 0.0535. The Morgan fingerprint density at radius 1 is 0.964 bits per heavy atom. The van der Waals surface area contributed by atoms with Crippen LogP contribution in [-0.4, -0.2) is 43.5 Å². The monoisotopic (exact) mass is 376 g/mol. The molecule has 0 aliphatic heterocycles. The van der Waals surface area contributed by atoms with Gasteiger partial charge in [-0.3, -0.25) is 9.69 Å². The second-order valence-electron chi connectivity index (χ2n) is 7.31. The van der Waals surface area contributed by atoms with Crippen molar-refractivity contribution in [2.75, 3.05) is 27.7 Å². The molecule has 0 N–H and O–H groups in total. The lowest BCUT2D eigenvalue weighted by Gasteiger charge is -2.27. The van der Waals surface area contributed by atoms with Gasteiger partial charge in [-0.15, -0.1) is 0 Å². The van der Waals surface area contributed by atoms with Crippen molar-refractivity contribution in [1.82, 2.24) is 9.80 Å². The van der Waals surface area contributed by atoms with E-state index in [-0.39, 0.29) is 11.9 Å². The Kier molecular flexibility index (Phi) is 6.32. The van der Waals surface area contributed by atoms with Crippen LogP contribution in [0.3, 0.4) is 0 Å². The topological polar surface area (TPSA) is 32.8 Å². The van der Waals surface area contributed by atoms with Gasteiger partial charge in [-0.1, -0.05) is 48.5 Å². The van der Waals surface area contributed by atoms with Crippen molar-refractivity contribution >= 4 is 16.7 Å². The molecule has 0 bridgehead atoms. The van der Waals surface area contributed by atoms with Gasteiger partial charge in [0.25, 0.3) is 0 Å². The zero-order valence-electron chi connectivity index (χ0n) is 17.1. The fourth-order valence-electron chi connectivity index (χ4n) is 3.38. The first-order valence-electron chi connectivity index (χ1n) is 9.54. The van der Waals surface area contributed by atoms with Crippen LogP contribution in [0.15, 0.2) is 66.7 Å². The summed E-state index contributed by atoms with van der Waals surface area (Å²) in [7, 11) is 5.53. The summed E-state index contributed by atoms with van der Waals surface area (Å²) >= 11 is 0. The SMILES string of the molecule is COc1ccc2cc(CN(C)CC(=O)N(C)[C@@H](C)c3ccccc3)ccc2c1. The van der Waals surface area contributed by atoms with Gasteiger partial charge < -0.3 is 9.64 Å². The van der Waals surface area contributed by atoms with E-state index in [9.17, 15) is 4.79 Å². The second-order valence-corrected chi connectivity index (χ2v) is 7.31. The number of carbonyl (C=O) groups excluding carboxylic acids is 1. The summed E-state index contributed by atoms with van der Waals surface area (Å²) < 4.78 is 5.28. The lowest BCUT2D eigenvalue weighted by molar-refractivity contribution is -0.132. The molecule has 28 heavy (non-hydrogen) atoms.